The molecule has 0 spiro atoms. The first kappa shape index (κ1) is 18.5. The lowest BCUT2D eigenvalue weighted by atomic mass is 10.1. The number of halogens is 3. The van der Waals surface area contributed by atoms with Gasteiger partial charge in [0.05, 0.1) is 41.0 Å². The van der Waals surface area contributed by atoms with Gasteiger partial charge in [0.2, 0.25) is 0 Å². The second-order valence-corrected chi connectivity index (χ2v) is 6.77. The summed E-state index contributed by atoms with van der Waals surface area (Å²) in [5, 5.41) is 9.95. The van der Waals surface area contributed by atoms with Crippen molar-refractivity contribution in [2.75, 3.05) is 7.11 Å². The first-order valence-corrected chi connectivity index (χ1v) is 8.96. The highest BCUT2D eigenvalue weighted by atomic mass is 35.5. The van der Waals surface area contributed by atoms with Crippen LogP contribution in [-0.4, -0.2) is 32.6 Å². The number of fused-ring (bicyclic) bond motifs is 1. The SMILES string of the molecule is COC(=O)c1cccc(Cn2ncc3cc(Cl)c(-n4cccn4)c(Cl)c32)c1F. The van der Waals surface area contributed by atoms with E-state index in [0.717, 1.165) is 0 Å². The molecule has 2 aromatic carbocycles. The number of hydrogen-bond donors (Lipinski definition) is 0. The van der Waals surface area contributed by atoms with E-state index in [1.165, 1.54) is 13.2 Å². The van der Waals surface area contributed by atoms with E-state index in [4.69, 9.17) is 23.2 Å². The number of aromatic nitrogens is 4. The Hall–Kier alpha value is -2.90. The number of carbonyl (C=O) groups excluding carboxylic acids is 1. The molecule has 0 saturated carbocycles. The molecule has 0 N–H and O–H groups in total. The molecule has 4 rings (SSSR count). The Morgan fingerprint density at radius 1 is 1.25 bits per heavy atom. The second kappa shape index (κ2) is 7.26. The number of benzene rings is 2. The Kier molecular flexibility index (Phi) is 4.78. The van der Waals surface area contributed by atoms with Gasteiger partial charge < -0.3 is 4.74 Å². The van der Waals surface area contributed by atoms with Crippen molar-refractivity contribution in [1.29, 1.82) is 0 Å². The van der Waals surface area contributed by atoms with Crippen molar-refractivity contribution < 1.29 is 13.9 Å². The van der Waals surface area contributed by atoms with Crippen LogP contribution in [0.25, 0.3) is 16.6 Å². The zero-order valence-electron chi connectivity index (χ0n) is 14.6. The molecule has 0 aliphatic rings. The van der Waals surface area contributed by atoms with Gasteiger partial charge >= 0.3 is 5.97 Å². The minimum Gasteiger partial charge on any atom is -0.465 e. The average molecular weight is 419 g/mol. The van der Waals surface area contributed by atoms with Crippen LogP contribution in [0.3, 0.4) is 0 Å². The van der Waals surface area contributed by atoms with E-state index in [0.29, 0.717) is 26.6 Å². The zero-order chi connectivity index (χ0) is 19.8. The number of methoxy groups -OCH3 is 1. The molecular formula is C19H13Cl2FN4O2. The zero-order valence-corrected chi connectivity index (χ0v) is 16.1. The monoisotopic (exact) mass is 418 g/mol. The van der Waals surface area contributed by atoms with Gasteiger partial charge in [-0.05, 0) is 18.2 Å². The summed E-state index contributed by atoms with van der Waals surface area (Å²) in [7, 11) is 1.20. The van der Waals surface area contributed by atoms with Crippen LogP contribution in [-0.2, 0) is 11.3 Å². The fraction of sp³-hybridized carbons (Fsp3) is 0.105. The minimum absolute atomic E-state index is 0.0695. The molecule has 9 heteroatoms. The first-order chi connectivity index (χ1) is 13.5. The lowest BCUT2D eigenvalue weighted by Gasteiger charge is -2.12. The minimum atomic E-state index is -0.740. The number of hydrogen-bond acceptors (Lipinski definition) is 4. The van der Waals surface area contributed by atoms with Gasteiger partial charge in [-0.25, -0.2) is 13.9 Å². The third kappa shape index (κ3) is 3.02. The highest BCUT2D eigenvalue weighted by Crippen LogP contribution is 2.36. The maximum Gasteiger partial charge on any atom is 0.340 e. The number of ether oxygens (including phenoxy) is 1. The third-order valence-corrected chi connectivity index (χ3v) is 4.98. The van der Waals surface area contributed by atoms with Gasteiger partial charge in [0.1, 0.15) is 11.5 Å². The van der Waals surface area contributed by atoms with E-state index >= 15 is 0 Å². The summed E-state index contributed by atoms with van der Waals surface area (Å²) in [5.74, 6) is -1.40. The molecule has 142 valence electrons. The molecule has 2 aromatic heterocycles. The van der Waals surface area contributed by atoms with Crippen LogP contribution in [0, 0.1) is 5.82 Å². The predicted molar refractivity (Wildman–Crippen MR) is 104 cm³/mol. The summed E-state index contributed by atoms with van der Waals surface area (Å²) in [6.45, 7) is 0.0695. The van der Waals surface area contributed by atoms with Crippen molar-refractivity contribution in [1.82, 2.24) is 19.6 Å². The number of carbonyl (C=O) groups is 1. The van der Waals surface area contributed by atoms with E-state index in [1.807, 2.05) is 0 Å². The van der Waals surface area contributed by atoms with E-state index in [1.54, 1.807) is 52.2 Å². The lowest BCUT2D eigenvalue weighted by Crippen LogP contribution is -2.10. The molecule has 6 nitrogen and oxygen atoms in total. The van der Waals surface area contributed by atoms with Gasteiger partial charge in [-0.15, -0.1) is 0 Å². The van der Waals surface area contributed by atoms with Gasteiger partial charge in [0.25, 0.3) is 0 Å². The molecule has 2 heterocycles. The van der Waals surface area contributed by atoms with Crippen LogP contribution in [0.5, 0.6) is 0 Å². The van der Waals surface area contributed by atoms with Gasteiger partial charge in [-0.1, -0.05) is 35.3 Å². The summed E-state index contributed by atoms with van der Waals surface area (Å²) >= 11 is 13.0. The smallest absolute Gasteiger partial charge is 0.340 e. The molecule has 0 aliphatic carbocycles. The molecule has 0 radical (unpaired) electrons. The molecule has 28 heavy (non-hydrogen) atoms. The van der Waals surface area contributed by atoms with Gasteiger partial charge in [-0.3, -0.25) is 4.68 Å². The number of esters is 1. The Morgan fingerprint density at radius 3 is 2.79 bits per heavy atom. The van der Waals surface area contributed by atoms with E-state index in [-0.39, 0.29) is 17.7 Å². The van der Waals surface area contributed by atoms with Crippen molar-refractivity contribution in [3.63, 3.8) is 0 Å². The Balaban J connectivity index is 1.83. The Bertz CT molecular complexity index is 1190. The van der Waals surface area contributed by atoms with E-state index in [9.17, 15) is 9.18 Å². The fourth-order valence-corrected chi connectivity index (χ4v) is 3.77. The van der Waals surface area contributed by atoms with Crippen molar-refractivity contribution in [3.8, 4) is 5.69 Å². The second-order valence-electron chi connectivity index (χ2n) is 5.98. The Labute approximate surface area is 169 Å². The van der Waals surface area contributed by atoms with Crippen LogP contribution in [0.1, 0.15) is 15.9 Å². The van der Waals surface area contributed by atoms with E-state index < -0.39 is 11.8 Å². The molecule has 0 amide bonds. The number of rotatable bonds is 4. The van der Waals surface area contributed by atoms with Crippen LogP contribution in [0.15, 0.2) is 48.9 Å². The molecule has 0 bridgehead atoms. The van der Waals surface area contributed by atoms with Gasteiger partial charge in [0, 0.05) is 23.3 Å². The molecule has 0 unspecified atom stereocenters. The molecule has 0 atom stereocenters. The predicted octanol–water partition coefficient (Wildman–Crippen LogP) is 4.50. The highest BCUT2D eigenvalue weighted by Gasteiger charge is 2.20. The third-order valence-electron chi connectivity index (χ3n) is 4.33. The maximum absolute atomic E-state index is 14.8. The standard InChI is InChI=1S/C19H13Cl2FN4O2/c1-28-19(27)13-5-2-4-11(16(13)22)10-26-17-12(9-24-26)8-14(20)18(15(17)21)25-7-3-6-23-25/h2-9H,10H2,1H3. The summed E-state index contributed by atoms with van der Waals surface area (Å²) in [6.07, 6.45) is 4.93. The highest BCUT2D eigenvalue weighted by molar-refractivity contribution is 6.41. The summed E-state index contributed by atoms with van der Waals surface area (Å²) in [6, 6.07) is 8.01. The van der Waals surface area contributed by atoms with Crippen molar-refractivity contribution >= 4 is 40.1 Å². The normalized spacial score (nSPS) is 11.1. The van der Waals surface area contributed by atoms with Crippen molar-refractivity contribution in [2.24, 2.45) is 0 Å². The molecule has 4 aromatic rings. The van der Waals surface area contributed by atoms with Gasteiger partial charge in [-0.2, -0.15) is 10.2 Å². The lowest BCUT2D eigenvalue weighted by molar-refractivity contribution is 0.0595. The van der Waals surface area contributed by atoms with Crippen LogP contribution in [0.2, 0.25) is 10.0 Å². The molecule has 0 aliphatic heterocycles. The number of nitrogens with zero attached hydrogens (tertiary/aromatic N) is 4. The topological polar surface area (TPSA) is 61.9 Å². The fourth-order valence-electron chi connectivity index (χ4n) is 3.03. The summed E-state index contributed by atoms with van der Waals surface area (Å²) in [5.41, 5.74) is 1.23. The first-order valence-electron chi connectivity index (χ1n) is 8.20. The van der Waals surface area contributed by atoms with Crippen LogP contribution >= 0.6 is 23.2 Å². The van der Waals surface area contributed by atoms with Crippen molar-refractivity contribution in [3.05, 3.63) is 75.9 Å². The van der Waals surface area contributed by atoms with Crippen LogP contribution in [0.4, 0.5) is 4.39 Å². The Morgan fingerprint density at radius 2 is 2.07 bits per heavy atom. The summed E-state index contributed by atoms with van der Waals surface area (Å²) in [4.78, 5) is 11.7. The molecule has 0 saturated heterocycles. The quantitative estimate of drug-likeness (QED) is 0.457. The molecular weight excluding hydrogens is 406 g/mol. The molecule has 0 fully saturated rings. The van der Waals surface area contributed by atoms with E-state index in [2.05, 4.69) is 14.9 Å². The van der Waals surface area contributed by atoms with Gasteiger partial charge in [0.15, 0.2) is 0 Å². The largest absolute Gasteiger partial charge is 0.465 e. The van der Waals surface area contributed by atoms with Crippen molar-refractivity contribution in [2.45, 2.75) is 6.54 Å². The summed E-state index contributed by atoms with van der Waals surface area (Å²) < 4.78 is 22.5. The maximum atomic E-state index is 14.8. The van der Waals surface area contributed by atoms with Crippen LogP contribution < -0.4 is 0 Å². The average Bonchev–Trinajstić information content (AvgIpc) is 3.33.